The molecule has 0 aliphatic carbocycles. The zero-order chi connectivity index (χ0) is 16.2. The van der Waals surface area contributed by atoms with Gasteiger partial charge in [0, 0.05) is 13.1 Å². The van der Waals surface area contributed by atoms with E-state index in [1.54, 1.807) is 6.33 Å². The number of carbonyl (C=O) groups is 1. The number of ether oxygens (including phenoxy) is 1. The molecule has 6 nitrogen and oxygen atoms in total. The van der Waals surface area contributed by atoms with E-state index in [4.69, 9.17) is 4.74 Å². The van der Waals surface area contributed by atoms with Gasteiger partial charge in [-0.2, -0.15) is 5.10 Å². The van der Waals surface area contributed by atoms with Crippen LogP contribution in [0.3, 0.4) is 0 Å². The molecule has 3 rings (SSSR count). The number of aryl methyl sites for hydroxylation is 2. The van der Waals surface area contributed by atoms with Crippen molar-refractivity contribution in [2.24, 2.45) is 0 Å². The summed E-state index contributed by atoms with van der Waals surface area (Å²) >= 11 is 0. The largest absolute Gasteiger partial charge is 0.483 e. The summed E-state index contributed by atoms with van der Waals surface area (Å²) in [5.74, 6) is 0.836. The minimum Gasteiger partial charge on any atom is -0.483 e. The Bertz CT molecular complexity index is 649. The van der Waals surface area contributed by atoms with Gasteiger partial charge in [-0.15, -0.1) is 0 Å². The lowest BCUT2D eigenvalue weighted by Crippen LogP contribution is -2.43. The summed E-state index contributed by atoms with van der Waals surface area (Å²) in [5.41, 5.74) is 2.11. The summed E-state index contributed by atoms with van der Waals surface area (Å²) in [6, 6.07) is 6.19. The van der Waals surface area contributed by atoms with Crippen LogP contribution in [0, 0.1) is 13.8 Å². The van der Waals surface area contributed by atoms with Crippen molar-refractivity contribution in [3.8, 4) is 5.75 Å². The summed E-state index contributed by atoms with van der Waals surface area (Å²) in [4.78, 5) is 18.3. The topological polar surface area (TPSA) is 60.2 Å². The number of likely N-dealkylation sites (tertiary alicyclic amines) is 1. The number of rotatable bonds is 4. The van der Waals surface area contributed by atoms with Gasteiger partial charge in [0.15, 0.2) is 6.61 Å². The van der Waals surface area contributed by atoms with Gasteiger partial charge < -0.3 is 9.64 Å². The highest BCUT2D eigenvalue weighted by molar-refractivity contribution is 5.78. The Morgan fingerprint density at radius 2 is 2.13 bits per heavy atom. The Morgan fingerprint density at radius 3 is 2.83 bits per heavy atom. The van der Waals surface area contributed by atoms with E-state index in [-0.39, 0.29) is 18.6 Å². The predicted molar refractivity (Wildman–Crippen MR) is 86.3 cm³/mol. The zero-order valence-electron chi connectivity index (χ0n) is 13.6. The molecule has 1 atom stereocenters. The van der Waals surface area contributed by atoms with Crippen LogP contribution >= 0.6 is 0 Å². The number of hydrogen-bond acceptors (Lipinski definition) is 4. The lowest BCUT2D eigenvalue weighted by molar-refractivity contribution is -0.135. The summed E-state index contributed by atoms with van der Waals surface area (Å²) in [7, 11) is 0. The Morgan fingerprint density at radius 1 is 1.35 bits per heavy atom. The first kappa shape index (κ1) is 15.5. The van der Waals surface area contributed by atoms with Gasteiger partial charge in [-0.05, 0) is 37.8 Å². The minimum atomic E-state index is 0.0254. The molecule has 0 spiro atoms. The number of aromatic nitrogens is 3. The zero-order valence-corrected chi connectivity index (χ0v) is 13.6. The number of benzene rings is 1. The third-order valence-corrected chi connectivity index (χ3v) is 4.31. The molecule has 0 radical (unpaired) electrons. The van der Waals surface area contributed by atoms with Crippen molar-refractivity contribution >= 4 is 5.91 Å². The van der Waals surface area contributed by atoms with E-state index in [0.29, 0.717) is 6.54 Å². The normalized spacial score (nSPS) is 18.0. The van der Waals surface area contributed by atoms with Crippen molar-refractivity contribution in [1.82, 2.24) is 19.7 Å². The fraction of sp³-hybridized carbons (Fsp3) is 0.471. The molecular formula is C17H22N4O2. The van der Waals surface area contributed by atoms with Gasteiger partial charge in [-0.1, -0.05) is 18.2 Å². The fourth-order valence-electron chi connectivity index (χ4n) is 3.06. The van der Waals surface area contributed by atoms with Gasteiger partial charge in [0.05, 0.1) is 6.04 Å². The number of amides is 1. The van der Waals surface area contributed by atoms with E-state index in [0.717, 1.165) is 36.3 Å². The first-order valence-corrected chi connectivity index (χ1v) is 7.96. The van der Waals surface area contributed by atoms with Crippen LogP contribution in [0.15, 0.2) is 30.9 Å². The quantitative estimate of drug-likeness (QED) is 0.867. The second kappa shape index (κ2) is 6.81. The van der Waals surface area contributed by atoms with Crippen molar-refractivity contribution in [3.05, 3.63) is 42.0 Å². The van der Waals surface area contributed by atoms with Crippen LogP contribution < -0.4 is 4.74 Å². The summed E-state index contributed by atoms with van der Waals surface area (Å²) in [6.45, 7) is 5.51. The molecule has 1 aromatic heterocycles. The predicted octanol–water partition coefficient (Wildman–Crippen LogP) is 2.14. The lowest BCUT2D eigenvalue weighted by atomic mass is 10.1. The average molecular weight is 314 g/mol. The average Bonchev–Trinajstić information content (AvgIpc) is 3.09. The van der Waals surface area contributed by atoms with Gasteiger partial charge in [-0.25, -0.2) is 9.67 Å². The second-order valence-corrected chi connectivity index (χ2v) is 6.02. The molecule has 1 saturated heterocycles. The van der Waals surface area contributed by atoms with E-state index in [1.807, 2.05) is 41.6 Å². The highest BCUT2D eigenvalue weighted by Gasteiger charge is 2.25. The molecule has 1 fully saturated rings. The van der Waals surface area contributed by atoms with Crippen molar-refractivity contribution in [2.75, 3.05) is 19.7 Å². The number of carbonyl (C=O) groups excluding carboxylic acids is 1. The maximum atomic E-state index is 12.5. The van der Waals surface area contributed by atoms with Gasteiger partial charge >= 0.3 is 0 Å². The van der Waals surface area contributed by atoms with Crippen LogP contribution in [0.1, 0.15) is 30.0 Å². The van der Waals surface area contributed by atoms with Crippen LogP contribution in [-0.4, -0.2) is 45.3 Å². The first-order valence-electron chi connectivity index (χ1n) is 7.96. The molecule has 23 heavy (non-hydrogen) atoms. The lowest BCUT2D eigenvalue weighted by Gasteiger charge is -2.32. The number of para-hydroxylation sites is 1. The highest BCUT2D eigenvalue weighted by atomic mass is 16.5. The van der Waals surface area contributed by atoms with Crippen LogP contribution in [-0.2, 0) is 4.79 Å². The molecular weight excluding hydrogens is 292 g/mol. The SMILES string of the molecule is Cc1cccc(C)c1OCC(=O)N1CCCC(n2cncn2)C1. The number of hydrogen-bond donors (Lipinski definition) is 0. The molecule has 1 amide bonds. The van der Waals surface area contributed by atoms with Crippen molar-refractivity contribution in [1.29, 1.82) is 0 Å². The summed E-state index contributed by atoms with van der Waals surface area (Å²) in [5, 5.41) is 4.19. The van der Waals surface area contributed by atoms with Crippen molar-refractivity contribution < 1.29 is 9.53 Å². The molecule has 0 N–H and O–H groups in total. The second-order valence-electron chi connectivity index (χ2n) is 6.02. The molecule has 1 aromatic carbocycles. The molecule has 1 aliphatic heterocycles. The van der Waals surface area contributed by atoms with E-state index in [1.165, 1.54) is 6.33 Å². The smallest absolute Gasteiger partial charge is 0.260 e. The van der Waals surface area contributed by atoms with E-state index in [2.05, 4.69) is 10.1 Å². The maximum Gasteiger partial charge on any atom is 0.260 e. The van der Waals surface area contributed by atoms with E-state index < -0.39 is 0 Å². The Balaban J connectivity index is 1.60. The van der Waals surface area contributed by atoms with Crippen LogP contribution in [0.25, 0.3) is 0 Å². The van der Waals surface area contributed by atoms with Crippen molar-refractivity contribution in [3.63, 3.8) is 0 Å². The molecule has 2 aromatic rings. The highest BCUT2D eigenvalue weighted by Crippen LogP contribution is 2.23. The molecule has 122 valence electrons. The maximum absolute atomic E-state index is 12.5. The first-order chi connectivity index (χ1) is 11.1. The molecule has 1 unspecified atom stereocenters. The summed E-state index contributed by atoms with van der Waals surface area (Å²) < 4.78 is 7.62. The van der Waals surface area contributed by atoms with Gasteiger partial charge in [0.25, 0.3) is 5.91 Å². The fourth-order valence-corrected chi connectivity index (χ4v) is 3.06. The molecule has 2 heterocycles. The molecule has 6 heteroatoms. The third-order valence-electron chi connectivity index (χ3n) is 4.31. The van der Waals surface area contributed by atoms with Crippen LogP contribution in [0.4, 0.5) is 0 Å². The third kappa shape index (κ3) is 3.52. The standard InChI is InChI=1S/C17H22N4O2/c1-13-5-3-6-14(2)17(13)23-10-16(22)20-8-4-7-15(9-20)21-12-18-11-19-21/h3,5-6,11-12,15H,4,7-10H2,1-2H3. The van der Waals surface area contributed by atoms with Crippen molar-refractivity contribution in [2.45, 2.75) is 32.7 Å². The van der Waals surface area contributed by atoms with Gasteiger partial charge in [-0.3, -0.25) is 4.79 Å². The molecule has 0 saturated carbocycles. The van der Waals surface area contributed by atoms with Crippen LogP contribution in [0.5, 0.6) is 5.75 Å². The minimum absolute atomic E-state index is 0.0254. The Labute approximate surface area is 136 Å². The van der Waals surface area contributed by atoms with Crippen LogP contribution in [0.2, 0.25) is 0 Å². The van der Waals surface area contributed by atoms with E-state index >= 15 is 0 Å². The van der Waals surface area contributed by atoms with Gasteiger partial charge in [0.2, 0.25) is 0 Å². The Kier molecular flexibility index (Phi) is 4.60. The Hall–Kier alpha value is -2.37. The van der Waals surface area contributed by atoms with Gasteiger partial charge in [0.1, 0.15) is 18.4 Å². The number of nitrogens with zero attached hydrogens (tertiary/aromatic N) is 4. The van der Waals surface area contributed by atoms with E-state index in [9.17, 15) is 4.79 Å². The monoisotopic (exact) mass is 314 g/mol. The summed E-state index contributed by atoms with van der Waals surface area (Å²) in [6.07, 6.45) is 5.24. The molecule has 0 bridgehead atoms. The molecule has 1 aliphatic rings. The number of piperidine rings is 1.